The van der Waals surface area contributed by atoms with Crippen molar-refractivity contribution in [3.63, 3.8) is 0 Å². The lowest BCUT2D eigenvalue weighted by atomic mass is 10.0. The zero-order valence-corrected chi connectivity index (χ0v) is 22.0. The van der Waals surface area contributed by atoms with E-state index in [-0.39, 0.29) is 11.6 Å². The topological polar surface area (TPSA) is 84.5 Å². The van der Waals surface area contributed by atoms with Crippen LogP contribution in [0.2, 0.25) is 0 Å². The summed E-state index contributed by atoms with van der Waals surface area (Å²) in [7, 11) is 3.60. The minimum atomic E-state index is -0.306. The molecule has 6 nitrogen and oxygen atoms in total. The number of aldehydes is 2. The Balaban J connectivity index is 0. The van der Waals surface area contributed by atoms with E-state index in [0.717, 1.165) is 57.6 Å². The lowest BCUT2D eigenvalue weighted by Gasteiger charge is -2.14. The highest BCUT2D eigenvalue weighted by Crippen LogP contribution is 2.11. The normalized spacial score (nSPS) is 11.4. The van der Waals surface area contributed by atoms with Crippen LogP contribution in [-0.2, 0) is 32.0 Å². The molecule has 1 unspecified atom stereocenters. The third kappa shape index (κ3) is 24.4. The summed E-state index contributed by atoms with van der Waals surface area (Å²) in [5.74, 6) is 0.714. The molecule has 0 aliphatic carbocycles. The number of rotatable bonds is 14. The monoisotopic (exact) mass is 464 g/mol. The summed E-state index contributed by atoms with van der Waals surface area (Å²) in [4.78, 5) is 30.5. The molecule has 0 aromatic heterocycles. The van der Waals surface area contributed by atoms with Crippen molar-refractivity contribution in [3.05, 3.63) is 35.4 Å². The van der Waals surface area contributed by atoms with Gasteiger partial charge in [0, 0.05) is 13.5 Å². The first-order valence-electron chi connectivity index (χ1n) is 12.0. The molecule has 1 amide bonds. The molecule has 2 N–H and O–H groups in total. The van der Waals surface area contributed by atoms with Crippen LogP contribution >= 0.6 is 0 Å². The quantitative estimate of drug-likeness (QED) is 0.312. The fraction of sp³-hybridized carbons (Fsp3) is 0.667. The van der Waals surface area contributed by atoms with E-state index in [9.17, 15) is 14.4 Å². The Hall–Kier alpha value is -2.05. The van der Waals surface area contributed by atoms with Gasteiger partial charge in [-0.05, 0) is 89.9 Å². The Morgan fingerprint density at radius 3 is 1.97 bits per heavy atom. The third-order valence-electron chi connectivity index (χ3n) is 4.71. The van der Waals surface area contributed by atoms with Crippen molar-refractivity contribution < 1.29 is 19.1 Å². The van der Waals surface area contributed by atoms with Crippen molar-refractivity contribution in [2.75, 3.05) is 20.7 Å². The van der Waals surface area contributed by atoms with Gasteiger partial charge in [0.05, 0.1) is 11.6 Å². The Labute approximate surface area is 202 Å². The lowest BCUT2D eigenvalue weighted by Crippen LogP contribution is -2.29. The maximum absolute atomic E-state index is 10.3. The predicted molar refractivity (Wildman–Crippen MR) is 138 cm³/mol. The average molecular weight is 465 g/mol. The second-order valence-electron chi connectivity index (χ2n) is 9.42. The van der Waals surface area contributed by atoms with Crippen molar-refractivity contribution in [2.45, 2.75) is 91.2 Å². The van der Waals surface area contributed by atoms with Gasteiger partial charge in [0.1, 0.15) is 12.6 Å². The second kappa shape index (κ2) is 21.8. The van der Waals surface area contributed by atoms with Crippen molar-refractivity contribution in [3.8, 4) is 0 Å². The summed E-state index contributed by atoms with van der Waals surface area (Å²) in [6, 6.07) is 8.47. The Kier molecular flexibility index (Phi) is 21.9. The number of unbranched alkanes of at least 4 members (excludes halogenated alkanes) is 2. The van der Waals surface area contributed by atoms with Crippen LogP contribution in [0.3, 0.4) is 0 Å². The van der Waals surface area contributed by atoms with Gasteiger partial charge in [0.25, 0.3) is 0 Å². The third-order valence-corrected chi connectivity index (χ3v) is 4.71. The number of ether oxygens (including phenoxy) is 1. The number of benzene rings is 1. The van der Waals surface area contributed by atoms with E-state index in [1.165, 1.54) is 11.1 Å². The first kappa shape index (κ1) is 33.1. The van der Waals surface area contributed by atoms with Crippen LogP contribution in [0.5, 0.6) is 0 Å². The van der Waals surface area contributed by atoms with E-state index in [4.69, 9.17) is 4.74 Å². The Morgan fingerprint density at radius 2 is 1.55 bits per heavy atom. The fourth-order valence-corrected chi connectivity index (χ4v) is 2.65. The van der Waals surface area contributed by atoms with E-state index in [1.807, 2.05) is 27.8 Å². The maximum Gasteiger partial charge on any atom is 0.207 e. The standard InChI is InChI=1S/C14H20O.C8H16N2O2.C5H12O/c1-12(2)11-14-8-6-13(7-9-14)5-3-4-10-15;1-9-5-3-2-4-8(6-11)10-7-12;1-5(2,3)6-4/h6-10,12H,3-5,11H2,1-2H3;6-9H,2-5H2,1H3,(H,10,12);1-4H3. The molecule has 0 saturated carbocycles. The van der Waals surface area contributed by atoms with E-state index in [2.05, 4.69) is 48.7 Å². The molecule has 1 aromatic rings. The van der Waals surface area contributed by atoms with Gasteiger partial charge in [0.2, 0.25) is 6.41 Å². The van der Waals surface area contributed by atoms with Gasteiger partial charge in [-0.1, -0.05) is 38.1 Å². The van der Waals surface area contributed by atoms with Gasteiger partial charge in [-0.2, -0.15) is 0 Å². The molecule has 6 heteroatoms. The van der Waals surface area contributed by atoms with Crippen molar-refractivity contribution in [1.29, 1.82) is 0 Å². The van der Waals surface area contributed by atoms with E-state index < -0.39 is 0 Å². The van der Waals surface area contributed by atoms with Crippen molar-refractivity contribution in [2.24, 2.45) is 5.92 Å². The first-order valence-corrected chi connectivity index (χ1v) is 12.0. The summed E-state index contributed by atoms with van der Waals surface area (Å²) in [6.07, 6.45) is 8.84. The van der Waals surface area contributed by atoms with E-state index in [1.54, 1.807) is 7.11 Å². The molecule has 1 rings (SSSR count). The summed E-state index contributed by atoms with van der Waals surface area (Å²) < 4.78 is 4.94. The molecule has 0 spiro atoms. The van der Waals surface area contributed by atoms with Crippen LogP contribution in [0.4, 0.5) is 0 Å². The van der Waals surface area contributed by atoms with E-state index >= 15 is 0 Å². The van der Waals surface area contributed by atoms with Gasteiger partial charge >= 0.3 is 0 Å². The van der Waals surface area contributed by atoms with Gasteiger partial charge in [-0.15, -0.1) is 0 Å². The molecule has 1 atom stereocenters. The number of aryl methyl sites for hydroxylation is 1. The number of methoxy groups -OCH3 is 1. The fourth-order valence-electron chi connectivity index (χ4n) is 2.65. The predicted octanol–water partition coefficient (Wildman–Crippen LogP) is 4.53. The first-order chi connectivity index (χ1) is 15.6. The molecule has 0 fully saturated rings. The van der Waals surface area contributed by atoms with Crippen LogP contribution in [0, 0.1) is 5.92 Å². The molecule has 33 heavy (non-hydrogen) atoms. The van der Waals surface area contributed by atoms with Crippen molar-refractivity contribution >= 4 is 19.0 Å². The van der Waals surface area contributed by atoms with Gasteiger partial charge in [-0.25, -0.2) is 0 Å². The molecular weight excluding hydrogens is 416 g/mol. The molecule has 190 valence electrons. The SMILES string of the molecule is CC(C)Cc1ccc(CCCC=O)cc1.CNCCCCC(C=O)NC=O.COC(C)(C)C. The summed E-state index contributed by atoms with van der Waals surface area (Å²) >= 11 is 0. The highest BCUT2D eigenvalue weighted by Gasteiger charge is 2.04. The zero-order valence-electron chi connectivity index (χ0n) is 22.0. The molecule has 0 aliphatic rings. The number of hydrogen-bond donors (Lipinski definition) is 2. The van der Waals surface area contributed by atoms with E-state index in [0.29, 0.717) is 18.7 Å². The molecule has 0 bridgehead atoms. The smallest absolute Gasteiger partial charge is 0.207 e. The minimum absolute atomic E-state index is 0.0417. The number of carbonyl (C=O) groups is 3. The van der Waals surface area contributed by atoms with Crippen LogP contribution in [0.1, 0.15) is 77.8 Å². The molecule has 1 aromatic carbocycles. The Bertz CT molecular complexity index is 595. The summed E-state index contributed by atoms with van der Waals surface area (Å²) in [5.41, 5.74) is 2.79. The molecule has 0 saturated heterocycles. The van der Waals surface area contributed by atoms with Gasteiger partial charge in [-0.3, -0.25) is 4.79 Å². The molecule has 0 aliphatic heterocycles. The lowest BCUT2D eigenvalue weighted by molar-refractivity contribution is -0.115. The maximum atomic E-state index is 10.3. The van der Waals surface area contributed by atoms with Crippen LogP contribution in [-0.4, -0.2) is 51.3 Å². The van der Waals surface area contributed by atoms with Crippen LogP contribution < -0.4 is 10.6 Å². The van der Waals surface area contributed by atoms with Gasteiger partial charge in [0.15, 0.2) is 0 Å². The number of amides is 1. The summed E-state index contributed by atoms with van der Waals surface area (Å²) in [6.45, 7) is 11.5. The number of carbonyl (C=O) groups excluding carboxylic acids is 3. The zero-order chi connectivity index (χ0) is 25.5. The molecular formula is C27H48N2O4. The van der Waals surface area contributed by atoms with Gasteiger partial charge < -0.3 is 25.0 Å². The largest absolute Gasteiger partial charge is 0.379 e. The van der Waals surface area contributed by atoms with Crippen LogP contribution in [0.15, 0.2) is 24.3 Å². The molecule has 0 radical (unpaired) electrons. The number of hydrogen-bond acceptors (Lipinski definition) is 5. The number of nitrogens with one attached hydrogen (secondary N) is 2. The second-order valence-corrected chi connectivity index (χ2v) is 9.42. The van der Waals surface area contributed by atoms with Crippen molar-refractivity contribution in [1.82, 2.24) is 10.6 Å². The average Bonchev–Trinajstić information content (AvgIpc) is 2.77. The minimum Gasteiger partial charge on any atom is -0.379 e. The van der Waals surface area contributed by atoms with Crippen LogP contribution in [0.25, 0.3) is 0 Å². The highest BCUT2D eigenvalue weighted by molar-refractivity contribution is 5.63. The Morgan fingerprint density at radius 1 is 0.970 bits per heavy atom. The summed E-state index contributed by atoms with van der Waals surface area (Å²) in [5, 5.41) is 5.45. The molecule has 0 heterocycles. The highest BCUT2D eigenvalue weighted by atomic mass is 16.5.